The molecule has 1 aromatic heterocycles. The van der Waals surface area contributed by atoms with Crippen molar-refractivity contribution in [3.05, 3.63) is 24.3 Å². The number of rotatable bonds is 2. The fourth-order valence-corrected chi connectivity index (χ4v) is 1.71. The van der Waals surface area contributed by atoms with Crippen LogP contribution in [0, 0.1) is 0 Å². The quantitative estimate of drug-likeness (QED) is 0.556. The zero-order valence-corrected chi connectivity index (χ0v) is 9.48. The van der Waals surface area contributed by atoms with Gasteiger partial charge < -0.3 is 17.5 Å². The van der Waals surface area contributed by atoms with E-state index in [1.807, 2.05) is 31.3 Å². The van der Waals surface area contributed by atoms with Gasteiger partial charge in [0, 0.05) is 0 Å². The minimum Gasteiger partial charge on any atom is -1.00 e. The molecule has 16 heavy (non-hydrogen) atoms. The normalized spacial score (nSPS) is 10.1. The average Bonchev–Trinajstić information content (AvgIpc) is 2.44. The molecule has 0 atom stereocenters. The molecule has 0 fully saturated rings. The van der Waals surface area contributed by atoms with Crippen molar-refractivity contribution in [3.63, 3.8) is 0 Å². The Kier molecular flexibility index (Phi) is 3.39. The van der Waals surface area contributed by atoms with Crippen molar-refractivity contribution in [3.8, 4) is 0 Å². The van der Waals surface area contributed by atoms with E-state index in [-0.39, 0.29) is 19.0 Å². The maximum atomic E-state index is 10.7. The molecule has 0 radical (unpaired) electrons. The van der Waals surface area contributed by atoms with Crippen LogP contribution in [0.1, 0.15) is 0 Å². The Balaban J connectivity index is 0.00000128. The van der Waals surface area contributed by atoms with Crippen LogP contribution in [-0.2, 0) is 18.4 Å². The van der Waals surface area contributed by atoms with Gasteiger partial charge in [-0.3, -0.25) is 5.73 Å². The smallest absolute Gasteiger partial charge is 0.356 e. The molecule has 5 nitrogen and oxygen atoms in total. The summed E-state index contributed by atoms with van der Waals surface area (Å²) in [5.41, 5.74) is 7.59. The molecule has 0 spiro atoms. The van der Waals surface area contributed by atoms with Gasteiger partial charge >= 0.3 is 11.9 Å². The lowest BCUT2D eigenvalue weighted by atomic mass is 10.3. The molecule has 2 aromatic rings. The minimum atomic E-state index is -0.900. The Labute approximate surface area is 98.5 Å². The first-order valence-corrected chi connectivity index (χ1v) is 4.56. The molecule has 0 aliphatic rings. The molecule has 0 bridgehead atoms. The van der Waals surface area contributed by atoms with Gasteiger partial charge in [0.15, 0.2) is 6.54 Å². The highest BCUT2D eigenvalue weighted by atomic mass is 35.5. The number of aliphatic carboxylic acids is 1. The molecule has 0 aliphatic heterocycles. The van der Waals surface area contributed by atoms with E-state index >= 15 is 0 Å². The largest absolute Gasteiger partial charge is 1.00 e. The van der Waals surface area contributed by atoms with E-state index in [2.05, 4.69) is 0 Å². The first kappa shape index (κ1) is 12.3. The lowest BCUT2D eigenvalue weighted by Gasteiger charge is -1.95. The molecule has 0 saturated carbocycles. The fourth-order valence-electron chi connectivity index (χ4n) is 1.71. The highest BCUT2D eigenvalue weighted by Gasteiger charge is 2.19. The van der Waals surface area contributed by atoms with Gasteiger partial charge in [0.1, 0.15) is 11.0 Å². The predicted octanol–water partition coefficient (Wildman–Crippen LogP) is -2.86. The maximum absolute atomic E-state index is 10.7. The molecule has 86 valence electrons. The first-order valence-electron chi connectivity index (χ1n) is 4.56. The summed E-state index contributed by atoms with van der Waals surface area (Å²) < 4.78 is 3.36. The van der Waals surface area contributed by atoms with E-state index < -0.39 is 5.97 Å². The number of fused-ring (bicyclic) bond motifs is 1. The van der Waals surface area contributed by atoms with Crippen molar-refractivity contribution in [1.82, 2.24) is 4.57 Å². The number of hydrogen-bond donors (Lipinski definition) is 2. The third-order valence-corrected chi connectivity index (χ3v) is 2.45. The summed E-state index contributed by atoms with van der Waals surface area (Å²) in [4.78, 5) is 10.7. The number of nitrogens with zero attached hydrogens (tertiary/aromatic N) is 2. The van der Waals surface area contributed by atoms with Crippen molar-refractivity contribution >= 4 is 23.0 Å². The topological polar surface area (TPSA) is 72.1 Å². The molecule has 1 aromatic carbocycles. The zero-order valence-electron chi connectivity index (χ0n) is 8.72. The third-order valence-electron chi connectivity index (χ3n) is 2.45. The number of para-hydroxylation sites is 2. The van der Waals surface area contributed by atoms with Gasteiger partial charge in [-0.05, 0) is 12.1 Å². The summed E-state index contributed by atoms with van der Waals surface area (Å²) in [6.45, 7) is -0.118. The summed E-state index contributed by atoms with van der Waals surface area (Å²) in [5.74, 6) is -0.457. The van der Waals surface area contributed by atoms with Crippen LogP contribution in [0.15, 0.2) is 24.3 Å². The number of carboxylic acids is 1. The van der Waals surface area contributed by atoms with Gasteiger partial charge in [-0.1, -0.05) is 12.1 Å². The van der Waals surface area contributed by atoms with Gasteiger partial charge in [-0.25, -0.2) is 13.9 Å². The highest BCUT2D eigenvalue weighted by molar-refractivity contribution is 5.77. The van der Waals surface area contributed by atoms with Crippen molar-refractivity contribution in [2.75, 3.05) is 5.73 Å². The zero-order chi connectivity index (χ0) is 11.0. The molecule has 6 heteroatoms. The summed E-state index contributed by atoms with van der Waals surface area (Å²) in [6.07, 6.45) is 0. The van der Waals surface area contributed by atoms with E-state index in [1.165, 1.54) is 0 Å². The Morgan fingerprint density at radius 3 is 2.75 bits per heavy atom. The highest BCUT2D eigenvalue weighted by Crippen LogP contribution is 2.14. The Morgan fingerprint density at radius 2 is 2.12 bits per heavy atom. The number of anilines is 1. The van der Waals surface area contributed by atoms with Crippen LogP contribution in [0.5, 0.6) is 0 Å². The number of aromatic nitrogens is 2. The van der Waals surface area contributed by atoms with Crippen molar-refractivity contribution in [2.45, 2.75) is 6.54 Å². The lowest BCUT2D eigenvalue weighted by Crippen LogP contribution is -3.00. The van der Waals surface area contributed by atoms with Crippen molar-refractivity contribution in [2.24, 2.45) is 7.05 Å². The van der Waals surface area contributed by atoms with Crippen LogP contribution < -0.4 is 22.7 Å². The number of aryl methyl sites for hydroxylation is 1. The van der Waals surface area contributed by atoms with Crippen molar-refractivity contribution < 1.29 is 26.9 Å². The minimum absolute atomic E-state index is 0. The van der Waals surface area contributed by atoms with Gasteiger partial charge in [0.05, 0.1) is 7.05 Å². The molecule has 1 heterocycles. The van der Waals surface area contributed by atoms with Crippen LogP contribution in [0.2, 0.25) is 0 Å². The number of nitrogen functional groups attached to an aromatic ring is 1. The van der Waals surface area contributed by atoms with Crippen LogP contribution >= 0.6 is 0 Å². The van der Waals surface area contributed by atoms with E-state index in [9.17, 15) is 4.79 Å². The van der Waals surface area contributed by atoms with Crippen LogP contribution in [0.4, 0.5) is 5.95 Å². The summed E-state index contributed by atoms with van der Waals surface area (Å²) in [5, 5.41) is 8.77. The summed E-state index contributed by atoms with van der Waals surface area (Å²) in [6, 6.07) is 7.52. The number of hydrogen-bond acceptors (Lipinski definition) is 2. The van der Waals surface area contributed by atoms with Gasteiger partial charge in [-0.2, -0.15) is 0 Å². The number of carboxylic acid groups (broad SMARTS) is 1. The van der Waals surface area contributed by atoms with Gasteiger partial charge in [-0.15, -0.1) is 0 Å². The summed E-state index contributed by atoms with van der Waals surface area (Å²) >= 11 is 0. The number of carbonyl (C=O) groups is 1. The Hall–Kier alpha value is -1.75. The number of imidazole rings is 1. The second-order valence-electron chi connectivity index (χ2n) is 3.39. The predicted molar refractivity (Wildman–Crippen MR) is 55.2 cm³/mol. The molecule has 2 rings (SSSR count). The Morgan fingerprint density at radius 1 is 1.50 bits per heavy atom. The molecule has 0 amide bonds. The van der Waals surface area contributed by atoms with E-state index in [1.54, 1.807) is 9.13 Å². The van der Waals surface area contributed by atoms with Gasteiger partial charge in [0.25, 0.3) is 0 Å². The number of benzene rings is 1. The number of nitrogens with two attached hydrogens (primary N) is 1. The fraction of sp³-hybridized carbons (Fsp3) is 0.200. The molecular weight excluding hydrogens is 230 g/mol. The average molecular weight is 242 g/mol. The van der Waals surface area contributed by atoms with Crippen LogP contribution in [-0.4, -0.2) is 15.6 Å². The van der Waals surface area contributed by atoms with Gasteiger partial charge in [0.2, 0.25) is 0 Å². The second kappa shape index (κ2) is 4.40. The second-order valence-corrected chi connectivity index (χ2v) is 3.39. The van der Waals surface area contributed by atoms with Crippen molar-refractivity contribution in [1.29, 1.82) is 0 Å². The molecule has 0 aliphatic carbocycles. The number of halogens is 1. The van der Waals surface area contributed by atoms with Crippen LogP contribution in [0.25, 0.3) is 11.0 Å². The monoisotopic (exact) mass is 241 g/mol. The van der Waals surface area contributed by atoms with E-state index in [4.69, 9.17) is 10.8 Å². The maximum Gasteiger partial charge on any atom is 0.356 e. The first-order chi connectivity index (χ1) is 7.11. The lowest BCUT2D eigenvalue weighted by molar-refractivity contribution is -0.630. The molecular formula is C10H12ClN3O2. The third kappa shape index (κ3) is 1.81. The van der Waals surface area contributed by atoms with Crippen LogP contribution in [0.3, 0.4) is 0 Å². The Bertz CT molecular complexity index is 536. The molecule has 3 N–H and O–H groups in total. The molecule has 0 unspecified atom stereocenters. The summed E-state index contributed by atoms with van der Waals surface area (Å²) in [7, 11) is 1.82. The standard InChI is InChI=1S/C10H11N3O2.ClH/c1-12-7-4-2-3-5-8(7)13(10(12)11)6-9(14)15;/h2-5,11H,6H2,1H3,(H,14,15);1H. The van der Waals surface area contributed by atoms with E-state index in [0.29, 0.717) is 5.95 Å². The van der Waals surface area contributed by atoms with E-state index in [0.717, 1.165) is 11.0 Å². The molecule has 0 saturated heterocycles. The SMILES string of the molecule is C[n+]1c(N)n(CC(=O)O)c2ccccc21.[Cl-].